The van der Waals surface area contributed by atoms with Gasteiger partial charge in [-0.1, -0.05) is 0 Å². The molecule has 0 aliphatic heterocycles. The Kier molecular flexibility index (Phi) is 5.11. The van der Waals surface area contributed by atoms with Gasteiger partial charge in [0.15, 0.2) is 18.1 Å². The molecule has 7 heteroatoms. The molecule has 0 heterocycles. The highest BCUT2D eigenvalue weighted by Crippen LogP contribution is 2.31. The maximum atomic E-state index is 11.3. The van der Waals surface area contributed by atoms with Gasteiger partial charge in [0.1, 0.15) is 0 Å². The van der Waals surface area contributed by atoms with Crippen molar-refractivity contribution >= 4 is 11.7 Å². The van der Waals surface area contributed by atoms with Crippen molar-refractivity contribution in [3.63, 3.8) is 0 Å². The first-order valence-corrected chi connectivity index (χ1v) is 5.58. The molecule has 19 heavy (non-hydrogen) atoms. The smallest absolute Gasteiger partial charge is 0.344 e. The number of benzene rings is 1. The minimum absolute atomic E-state index is 0.123. The minimum atomic E-state index is -0.557. The Morgan fingerprint density at radius 1 is 1.37 bits per heavy atom. The number of nitrogens with zero attached hydrogens (tertiary/aromatic N) is 1. The van der Waals surface area contributed by atoms with Gasteiger partial charge in [0.2, 0.25) is 0 Å². The maximum Gasteiger partial charge on any atom is 0.344 e. The van der Waals surface area contributed by atoms with Crippen LogP contribution in [0.3, 0.4) is 0 Å². The first-order valence-electron chi connectivity index (χ1n) is 5.58. The number of hydrogen-bond donors (Lipinski definition) is 0. The fourth-order valence-electron chi connectivity index (χ4n) is 1.33. The third-order valence-corrected chi connectivity index (χ3v) is 2.07. The average molecular weight is 269 g/mol. The summed E-state index contributed by atoms with van der Waals surface area (Å²) in [6.45, 7) is 3.09. The second kappa shape index (κ2) is 6.58. The van der Waals surface area contributed by atoms with Crippen LogP contribution in [0.5, 0.6) is 11.5 Å². The van der Waals surface area contributed by atoms with Crippen molar-refractivity contribution in [3.8, 4) is 11.5 Å². The summed E-state index contributed by atoms with van der Waals surface area (Å²) in [5.41, 5.74) is -0.145. The molecule has 0 aliphatic rings. The SMILES string of the molecule is COc1ccc([N+](=O)[O-])cc1OCC(=O)OC(C)C. The summed E-state index contributed by atoms with van der Waals surface area (Å²) in [5, 5.41) is 10.7. The standard InChI is InChI=1S/C12H15NO6/c1-8(2)19-12(14)7-18-11-6-9(13(15)16)4-5-10(11)17-3/h4-6,8H,7H2,1-3H3. The van der Waals surface area contributed by atoms with E-state index >= 15 is 0 Å². The van der Waals surface area contributed by atoms with Crippen LogP contribution in [0.1, 0.15) is 13.8 Å². The Morgan fingerprint density at radius 2 is 2.05 bits per heavy atom. The van der Waals surface area contributed by atoms with Crippen LogP contribution in [0, 0.1) is 10.1 Å². The van der Waals surface area contributed by atoms with Crippen LogP contribution >= 0.6 is 0 Å². The molecule has 0 radical (unpaired) electrons. The molecule has 0 atom stereocenters. The summed E-state index contributed by atoms with van der Waals surface area (Å²) in [6.07, 6.45) is -0.247. The minimum Gasteiger partial charge on any atom is -0.493 e. The van der Waals surface area contributed by atoms with Crippen LogP contribution in [-0.2, 0) is 9.53 Å². The van der Waals surface area contributed by atoms with E-state index in [2.05, 4.69) is 0 Å². The highest BCUT2D eigenvalue weighted by molar-refractivity contribution is 5.71. The fourth-order valence-corrected chi connectivity index (χ4v) is 1.33. The van der Waals surface area contributed by atoms with Crippen LogP contribution in [0.25, 0.3) is 0 Å². The largest absolute Gasteiger partial charge is 0.493 e. The molecular weight excluding hydrogens is 254 g/mol. The Hall–Kier alpha value is -2.31. The molecule has 0 spiro atoms. The molecule has 0 amide bonds. The molecule has 0 aliphatic carbocycles. The number of hydrogen-bond acceptors (Lipinski definition) is 6. The van der Waals surface area contributed by atoms with Crippen LogP contribution in [0.4, 0.5) is 5.69 Å². The van der Waals surface area contributed by atoms with Gasteiger partial charge in [-0.05, 0) is 19.9 Å². The number of non-ortho nitro benzene ring substituents is 1. The van der Waals surface area contributed by atoms with Crippen LogP contribution in [0.2, 0.25) is 0 Å². The van der Waals surface area contributed by atoms with Crippen LogP contribution < -0.4 is 9.47 Å². The van der Waals surface area contributed by atoms with Gasteiger partial charge >= 0.3 is 5.97 Å². The van der Waals surface area contributed by atoms with Gasteiger partial charge in [0, 0.05) is 6.07 Å². The van der Waals surface area contributed by atoms with E-state index in [4.69, 9.17) is 14.2 Å². The van der Waals surface area contributed by atoms with Gasteiger partial charge in [0.05, 0.1) is 24.2 Å². The number of esters is 1. The van der Waals surface area contributed by atoms with Gasteiger partial charge in [0.25, 0.3) is 5.69 Å². The zero-order valence-electron chi connectivity index (χ0n) is 10.9. The number of methoxy groups -OCH3 is 1. The molecule has 7 nitrogen and oxygen atoms in total. The third-order valence-electron chi connectivity index (χ3n) is 2.07. The van der Waals surface area contributed by atoms with Crippen LogP contribution in [-0.4, -0.2) is 30.7 Å². The monoisotopic (exact) mass is 269 g/mol. The first kappa shape index (κ1) is 14.7. The maximum absolute atomic E-state index is 11.3. The second-order valence-electron chi connectivity index (χ2n) is 3.92. The Morgan fingerprint density at radius 3 is 2.58 bits per heavy atom. The highest BCUT2D eigenvalue weighted by atomic mass is 16.6. The molecule has 0 N–H and O–H groups in total. The number of ether oxygens (including phenoxy) is 3. The summed E-state index contributed by atoms with van der Waals surface area (Å²) in [4.78, 5) is 21.4. The highest BCUT2D eigenvalue weighted by Gasteiger charge is 2.14. The van der Waals surface area contributed by atoms with E-state index in [9.17, 15) is 14.9 Å². The predicted molar refractivity (Wildman–Crippen MR) is 66.4 cm³/mol. The van der Waals surface area contributed by atoms with Crippen molar-refractivity contribution in [3.05, 3.63) is 28.3 Å². The summed E-state index contributed by atoms with van der Waals surface area (Å²) in [5.74, 6) is -0.121. The molecule has 0 bridgehead atoms. The van der Waals surface area contributed by atoms with E-state index in [1.165, 1.54) is 25.3 Å². The number of carbonyl (C=O) groups excluding carboxylic acids is 1. The molecule has 1 aromatic carbocycles. The topological polar surface area (TPSA) is 87.9 Å². The van der Waals surface area contributed by atoms with Crippen molar-refractivity contribution in [2.75, 3.05) is 13.7 Å². The molecule has 0 saturated carbocycles. The fraction of sp³-hybridized carbons (Fsp3) is 0.417. The van der Waals surface area contributed by atoms with Crippen LogP contribution in [0.15, 0.2) is 18.2 Å². The van der Waals surface area contributed by atoms with Gasteiger partial charge in [-0.3, -0.25) is 10.1 Å². The van der Waals surface area contributed by atoms with E-state index < -0.39 is 10.9 Å². The van der Waals surface area contributed by atoms with Gasteiger partial charge in [-0.25, -0.2) is 4.79 Å². The average Bonchev–Trinajstić information content (AvgIpc) is 2.35. The number of carbonyl (C=O) groups is 1. The molecular formula is C12H15NO6. The van der Waals surface area contributed by atoms with Crippen molar-refractivity contribution in [2.45, 2.75) is 20.0 Å². The van der Waals surface area contributed by atoms with E-state index in [1.54, 1.807) is 13.8 Å². The van der Waals surface area contributed by atoms with Crippen molar-refractivity contribution in [2.24, 2.45) is 0 Å². The summed E-state index contributed by atoms with van der Waals surface area (Å²) >= 11 is 0. The molecule has 0 saturated heterocycles. The number of nitro groups is 1. The molecule has 1 rings (SSSR count). The Bertz CT molecular complexity index is 471. The van der Waals surface area contributed by atoms with Gasteiger partial charge in [-0.2, -0.15) is 0 Å². The zero-order chi connectivity index (χ0) is 14.4. The summed E-state index contributed by atoms with van der Waals surface area (Å²) < 4.78 is 15.1. The third kappa shape index (κ3) is 4.46. The predicted octanol–water partition coefficient (Wildman–Crippen LogP) is 1.93. The van der Waals surface area contributed by atoms with Crippen molar-refractivity contribution < 1.29 is 23.9 Å². The Labute approximate surface area is 110 Å². The summed E-state index contributed by atoms with van der Waals surface area (Å²) in [6, 6.07) is 3.89. The van der Waals surface area contributed by atoms with E-state index in [1.807, 2.05) is 0 Å². The molecule has 0 unspecified atom stereocenters. The van der Waals surface area contributed by atoms with E-state index in [0.717, 1.165) is 0 Å². The molecule has 1 aromatic rings. The lowest BCUT2D eigenvalue weighted by Gasteiger charge is -2.11. The molecule has 104 valence electrons. The lowest BCUT2D eigenvalue weighted by molar-refractivity contribution is -0.385. The van der Waals surface area contributed by atoms with E-state index in [0.29, 0.717) is 5.75 Å². The quantitative estimate of drug-likeness (QED) is 0.445. The first-order chi connectivity index (χ1) is 8.93. The Balaban J connectivity index is 2.78. The molecule has 0 aromatic heterocycles. The van der Waals surface area contributed by atoms with Gasteiger partial charge < -0.3 is 14.2 Å². The lowest BCUT2D eigenvalue weighted by Crippen LogP contribution is -2.18. The zero-order valence-corrected chi connectivity index (χ0v) is 10.9. The second-order valence-corrected chi connectivity index (χ2v) is 3.92. The normalized spacial score (nSPS) is 10.1. The summed E-state index contributed by atoms with van der Waals surface area (Å²) in [7, 11) is 1.40. The van der Waals surface area contributed by atoms with E-state index in [-0.39, 0.29) is 24.1 Å². The number of rotatable bonds is 6. The molecule has 0 fully saturated rings. The van der Waals surface area contributed by atoms with Gasteiger partial charge in [-0.15, -0.1) is 0 Å². The van der Waals surface area contributed by atoms with Crippen molar-refractivity contribution in [1.29, 1.82) is 0 Å². The number of nitro benzene ring substituents is 1. The van der Waals surface area contributed by atoms with Crippen molar-refractivity contribution in [1.82, 2.24) is 0 Å². The lowest BCUT2D eigenvalue weighted by atomic mass is 10.3.